The summed E-state index contributed by atoms with van der Waals surface area (Å²) in [6, 6.07) is 15.6. The van der Waals surface area contributed by atoms with Gasteiger partial charge in [-0.2, -0.15) is 5.10 Å². The molecule has 0 radical (unpaired) electrons. The molecule has 136 valence electrons. The van der Waals surface area contributed by atoms with Crippen LogP contribution in [0.5, 0.6) is 0 Å². The Morgan fingerprint density at radius 3 is 2.41 bits per heavy atom. The largest absolute Gasteiger partial charge is 0.442 e. The number of nitrogens with one attached hydrogen (secondary N) is 2. The zero-order valence-corrected chi connectivity index (χ0v) is 14.3. The van der Waals surface area contributed by atoms with Crippen molar-refractivity contribution in [3.05, 3.63) is 76.2 Å². The van der Waals surface area contributed by atoms with Gasteiger partial charge in [0, 0.05) is 17.0 Å². The minimum Gasteiger partial charge on any atom is -0.442 e. The molecule has 27 heavy (non-hydrogen) atoms. The summed E-state index contributed by atoms with van der Waals surface area (Å²) in [5, 5.41) is 9.71. The highest BCUT2D eigenvalue weighted by atomic mass is 16.5. The summed E-state index contributed by atoms with van der Waals surface area (Å²) in [4.78, 5) is 37.3. The highest BCUT2D eigenvalue weighted by Gasteiger charge is 2.31. The second-order valence-electron chi connectivity index (χ2n) is 6.43. The van der Waals surface area contributed by atoms with Crippen LogP contribution in [-0.4, -0.2) is 28.1 Å². The van der Waals surface area contributed by atoms with Gasteiger partial charge in [0.1, 0.15) is 0 Å². The summed E-state index contributed by atoms with van der Waals surface area (Å²) in [6.45, 7) is 0. The van der Waals surface area contributed by atoms with E-state index >= 15 is 0 Å². The van der Waals surface area contributed by atoms with E-state index in [-0.39, 0.29) is 17.6 Å². The number of nitrogens with zero attached hydrogens (tertiary/aromatic N) is 1. The number of benzene rings is 2. The van der Waals surface area contributed by atoms with Crippen LogP contribution >= 0.6 is 0 Å². The molecule has 1 fully saturated rings. The van der Waals surface area contributed by atoms with Crippen LogP contribution in [0.15, 0.2) is 59.4 Å². The lowest BCUT2D eigenvalue weighted by atomic mass is 10.1. The third-order valence-corrected chi connectivity index (χ3v) is 4.38. The Kier molecular flexibility index (Phi) is 4.42. The van der Waals surface area contributed by atoms with E-state index in [1.807, 2.05) is 6.07 Å². The second kappa shape index (κ2) is 7.03. The van der Waals surface area contributed by atoms with E-state index < -0.39 is 17.6 Å². The number of amides is 1. The molecule has 7 heteroatoms. The summed E-state index contributed by atoms with van der Waals surface area (Å²) >= 11 is 0. The van der Waals surface area contributed by atoms with E-state index in [0.717, 1.165) is 12.8 Å². The standard InChI is InChI=1S/C20H17N3O4/c24-18-15-9-5-4-8-14(15)16(22-23-18)20(26)27-17(12-6-2-1-3-7-12)19(25)21-13-10-11-13/h1-9,13,17H,10-11H2,(H,21,25)(H,23,24). The van der Waals surface area contributed by atoms with E-state index in [1.165, 1.54) is 0 Å². The van der Waals surface area contributed by atoms with Crippen molar-refractivity contribution in [3.8, 4) is 0 Å². The SMILES string of the molecule is O=C(OC(C(=O)NC1CC1)c1ccccc1)c1n[nH]c(=O)c2ccccc12. The summed E-state index contributed by atoms with van der Waals surface area (Å²) in [5.41, 5.74) is 0.135. The molecule has 0 bridgehead atoms. The van der Waals surface area contributed by atoms with Crippen LogP contribution in [0.3, 0.4) is 0 Å². The maximum absolute atomic E-state index is 12.8. The molecule has 1 aliphatic rings. The van der Waals surface area contributed by atoms with Crippen LogP contribution in [0, 0.1) is 0 Å². The fourth-order valence-electron chi connectivity index (χ4n) is 2.84. The third-order valence-electron chi connectivity index (χ3n) is 4.38. The van der Waals surface area contributed by atoms with Gasteiger partial charge in [0.05, 0.1) is 5.39 Å². The van der Waals surface area contributed by atoms with Gasteiger partial charge in [-0.05, 0) is 18.9 Å². The van der Waals surface area contributed by atoms with Crippen molar-refractivity contribution in [2.45, 2.75) is 25.0 Å². The van der Waals surface area contributed by atoms with Crippen molar-refractivity contribution in [1.29, 1.82) is 0 Å². The molecule has 0 aliphatic heterocycles. The molecule has 1 aromatic heterocycles. The molecule has 4 rings (SSSR count). The number of carbonyl (C=O) groups is 2. The van der Waals surface area contributed by atoms with Crippen molar-refractivity contribution < 1.29 is 14.3 Å². The zero-order valence-electron chi connectivity index (χ0n) is 14.3. The van der Waals surface area contributed by atoms with Crippen LogP contribution in [0.25, 0.3) is 10.8 Å². The Morgan fingerprint density at radius 1 is 1.04 bits per heavy atom. The van der Waals surface area contributed by atoms with Crippen LogP contribution in [0.1, 0.15) is 35.0 Å². The van der Waals surface area contributed by atoms with Crippen molar-refractivity contribution >= 4 is 22.6 Å². The average molecular weight is 363 g/mol. The van der Waals surface area contributed by atoms with Gasteiger partial charge in [-0.3, -0.25) is 9.59 Å². The smallest absolute Gasteiger partial charge is 0.360 e. The van der Waals surface area contributed by atoms with E-state index in [1.54, 1.807) is 48.5 Å². The summed E-state index contributed by atoms with van der Waals surface area (Å²) < 4.78 is 5.53. The number of ether oxygens (including phenoxy) is 1. The number of hydrogen-bond donors (Lipinski definition) is 2. The number of hydrogen-bond acceptors (Lipinski definition) is 5. The Balaban J connectivity index is 1.67. The maximum Gasteiger partial charge on any atom is 0.360 e. The van der Waals surface area contributed by atoms with Crippen LogP contribution < -0.4 is 10.9 Å². The molecule has 1 unspecified atom stereocenters. The first-order valence-corrected chi connectivity index (χ1v) is 8.67. The van der Waals surface area contributed by atoms with Gasteiger partial charge in [0.15, 0.2) is 5.69 Å². The van der Waals surface area contributed by atoms with Crippen molar-refractivity contribution in [1.82, 2.24) is 15.5 Å². The molecule has 7 nitrogen and oxygen atoms in total. The summed E-state index contributed by atoms with van der Waals surface area (Å²) in [6.07, 6.45) is 0.757. The predicted octanol–water partition coefficient (Wildman–Crippen LogP) is 2.10. The Hall–Kier alpha value is -3.48. The van der Waals surface area contributed by atoms with Gasteiger partial charge >= 0.3 is 5.97 Å². The number of carbonyl (C=O) groups excluding carboxylic acids is 2. The molecule has 1 saturated carbocycles. The topological polar surface area (TPSA) is 101 Å². The quantitative estimate of drug-likeness (QED) is 0.676. The lowest BCUT2D eigenvalue weighted by Crippen LogP contribution is -2.34. The highest BCUT2D eigenvalue weighted by molar-refractivity contribution is 6.02. The molecule has 0 spiro atoms. The Bertz CT molecular complexity index is 1060. The molecule has 3 aromatic rings. The van der Waals surface area contributed by atoms with Gasteiger partial charge in [0.2, 0.25) is 6.10 Å². The summed E-state index contributed by atoms with van der Waals surface area (Å²) in [7, 11) is 0. The fraction of sp³-hybridized carbons (Fsp3) is 0.200. The molecule has 2 N–H and O–H groups in total. The zero-order chi connectivity index (χ0) is 18.8. The predicted molar refractivity (Wildman–Crippen MR) is 98.1 cm³/mol. The first kappa shape index (κ1) is 17.0. The molecule has 1 aliphatic carbocycles. The number of esters is 1. The molecular weight excluding hydrogens is 346 g/mol. The lowest BCUT2D eigenvalue weighted by molar-refractivity contribution is -0.130. The number of aromatic nitrogens is 2. The summed E-state index contributed by atoms with van der Waals surface area (Å²) in [5.74, 6) is -1.15. The van der Waals surface area contributed by atoms with Gasteiger partial charge < -0.3 is 10.1 Å². The minimum atomic E-state index is -1.09. The normalized spacial score (nSPS) is 14.5. The monoisotopic (exact) mass is 363 g/mol. The first-order chi connectivity index (χ1) is 13.1. The van der Waals surface area contributed by atoms with Crippen molar-refractivity contribution in [2.75, 3.05) is 0 Å². The van der Waals surface area contributed by atoms with E-state index in [2.05, 4.69) is 15.5 Å². The molecule has 1 amide bonds. The van der Waals surface area contributed by atoms with Crippen molar-refractivity contribution in [3.63, 3.8) is 0 Å². The van der Waals surface area contributed by atoms with Crippen LogP contribution in [0.4, 0.5) is 0 Å². The van der Waals surface area contributed by atoms with Gasteiger partial charge in [0.25, 0.3) is 11.5 Å². The Morgan fingerprint density at radius 2 is 1.70 bits per heavy atom. The fourth-order valence-corrected chi connectivity index (χ4v) is 2.84. The van der Waals surface area contributed by atoms with Gasteiger partial charge in [-0.25, -0.2) is 9.89 Å². The van der Waals surface area contributed by atoms with Crippen LogP contribution in [0.2, 0.25) is 0 Å². The van der Waals surface area contributed by atoms with E-state index in [0.29, 0.717) is 16.3 Å². The molecule has 1 heterocycles. The molecular formula is C20H17N3O4. The van der Waals surface area contributed by atoms with Crippen LogP contribution in [-0.2, 0) is 9.53 Å². The maximum atomic E-state index is 12.8. The van der Waals surface area contributed by atoms with Crippen molar-refractivity contribution in [2.24, 2.45) is 0 Å². The number of fused-ring (bicyclic) bond motifs is 1. The van der Waals surface area contributed by atoms with E-state index in [9.17, 15) is 14.4 Å². The number of rotatable bonds is 5. The molecule has 0 saturated heterocycles. The molecule has 1 atom stereocenters. The first-order valence-electron chi connectivity index (χ1n) is 8.67. The van der Waals surface area contributed by atoms with E-state index in [4.69, 9.17) is 4.74 Å². The van der Waals surface area contributed by atoms with Gasteiger partial charge in [-0.15, -0.1) is 0 Å². The average Bonchev–Trinajstić information content (AvgIpc) is 3.51. The number of aromatic amines is 1. The number of H-pyrrole nitrogens is 1. The second-order valence-corrected chi connectivity index (χ2v) is 6.43. The Labute approximate surface area is 154 Å². The third kappa shape index (κ3) is 3.57. The highest BCUT2D eigenvalue weighted by Crippen LogP contribution is 2.24. The lowest BCUT2D eigenvalue weighted by Gasteiger charge is -2.18. The molecule has 2 aromatic carbocycles. The van der Waals surface area contributed by atoms with Gasteiger partial charge in [-0.1, -0.05) is 48.5 Å². The minimum absolute atomic E-state index is 0.0367.